The van der Waals surface area contributed by atoms with Crippen molar-refractivity contribution in [1.29, 1.82) is 0 Å². The molecule has 6 aliphatic rings. The highest BCUT2D eigenvalue weighted by Gasteiger charge is 2.65. The number of rotatable bonds is 9. The van der Waals surface area contributed by atoms with E-state index in [0.29, 0.717) is 41.9 Å². The summed E-state index contributed by atoms with van der Waals surface area (Å²) in [6.07, 6.45) is 8.06. The molecule has 10 heteroatoms. The first kappa shape index (κ1) is 40.5. The largest absolute Gasteiger partial charge is 0.497 e. The molecule has 2 amide bonds. The lowest BCUT2D eigenvalue weighted by molar-refractivity contribution is -0.196. The first-order valence-corrected chi connectivity index (χ1v) is 21.3. The first-order valence-electron chi connectivity index (χ1n) is 21.3. The van der Waals surface area contributed by atoms with Gasteiger partial charge in [-0.05, 0) is 159 Å². The van der Waals surface area contributed by atoms with Crippen LogP contribution in [0.15, 0.2) is 35.4 Å². The molecule has 12 unspecified atom stereocenters. The maximum Gasteiger partial charge on any atom is 0.309 e. The van der Waals surface area contributed by atoms with E-state index in [2.05, 4.69) is 45.3 Å². The molecular formula is C46H64N2O8. The van der Waals surface area contributed by atoms with E-state index in [-0.39, 0.29) is 76.5 Å². The molecular weight excluding hydrogens is 709 g/mol. The molecule has 0 aliphatic heterocycles. The lowest BCUT2D eigenvalue weighted by Gasteiger charge is -2.67. The number of esters is 1. The standard InChI is InChI=1S/C46H64N2O8/c1-24(2)37-34(49)23-46(48-42(54)43(5,6)47-39(50)27-10-12-28(55-9)13-11-27)21-17-33-29(38(37)46)14-15-36-44(7)20-18-35(26(4)32(44)16-19-45(33,36)8)56-41(53)31-22-30(25(31)3)40(51)52/h10-13,24-26,29-33,35-36H,14-23H2,1-9H3,(H,47,50)(H,48,54)(H,51,52). The number of allylic oxidation sites excluding steroid dienone is 1. The number of benzene rings is 1. The number of carboxylic acid groups (broad SMARTS) is 1. The normalized spacial score (nSPS) is 39.0. The molecule has 3 N–H and O–H groups in total. The summed E-state index contributed by atoms with van der Waals surface area (Å²) in [5, 5.41) is 15.8. The number of hydrogen-bond donors (Lipinski definition) is 3. The number of Topliss-reactive ketones (excluding diaryl/α,β-unsaturated/α-hetero) is 1. The van der Waals surface area contributed by atoms with Crippen LogP contribution in [0.3, 0.4) is 0 Å². The summed E-state index contributed by atoms with van der Waals surface area (Å²) in [6, 6.07) is 6.79. The van der Waals surface area contributed by atoms with Gasteiger partial charge in [-0.1, -0.05) is 41.5 Å². The van der Waals surface area contributed by atoms with Crippen molar-refractivity contribution in [3.63, 3.8) is 0 Å². The van der Waals surface area contributed by atoms with E-state index in [9.17, 15) is 29.1 Å². The van der Waals surface area contributed by atoms with Crippen molar-refractivity contribution >= 4 is 29.5 Å². The summed E-state index contributed by atoms with van der Waals surface area (Å²) in [5.74, 6) is -0.172. The maximum atomic E-state index is 14.3. The highest BCUT2D eigenvalue weighted by Crippen LogP contribution is 2.70. The molecule has 6 aliphatic carbocycles. The molecule has 0 heterocycles. The second kappa shape index (κ2) is 14.3. The number of carbonyl (C=O) groups is 5. The fraction of sp³-hybridized carbons (Fsp3) is 0.717. The number of aliphatic carboxylic acids is 1. The Labute approximate surface area is 332 Å². The third kappa shape index (κ3) is 6.39. The van der Waals surface area contributed by atoms with Gasteiger partial charge in [-0.15, -0.1) is 0 Å². The van der Waals surface area contributed by atoms with E-state index in [1.807, 2.05) is 6.92 Å². The van der Waals surface area contributed by atoms with Crippen molar-refractivity contribution in [1.82, 2.24) is 10.6 Å². The fourth-order valence-electron chi connectivity index (χ4n) is 13.4. The van der Waals surface area contributed by atoms with E-state index < -0.39 is 23.0 Å². The van der Waals surface area contributed by atoms with Crippen LogP contribution >= 0.6 is 0 Å². The topological polar surface area (TPSA) is 148 Å². The van der Waals surface area contributed by atoms with Gasteiger partial charge >= 0.3 is 11.9 Å². The number of amides is 2. The van der Waals surface area contributed by atoms with Gasteiger partial charge in [0.15, 0.2) is 5.78 Å². The summed E-state index contributed by atoms with van der Waals surface area (Å²) < 4.78 is 11.5. The third-order valence-corrected chi connectivity index (χ3v) is 16.5. The van der Waals surface area contributed by atoms with Crippen LogP contribution in [-0.2, 0) is 23.9 Å². The highest BCUT2D eigenvalue weighted by atomic mass is 16.5. The lowest BCUT2D eigenvalue weighted by Crippen LogP contribution is -2.65. The van der Waals surface area contributed by atoms with Gasteiger partial charge in [0.2, 0.25) is 5.91 Å². The van der Waals surface area contributed by atoms with Crippen LogP contribution in [0.25, 0.3) is 0 Å². The third-order valence-electron chi connectivity index (χ3n) is 16.5. The van der Waals surface area contributed by atoms with Crippen LogP contribution < -0.4 is 15.4 Å². The van der Waals surface area contributed by atoms with Crippen molar-refractivity contribution in [3.8, 4) is 5.75 Å². The Hall–Kier alpha value is -3.69. The number of ketones is 1. The van der Waals surface area contributed by atoms with Crippen molar-refractivity contribution in [3.05, 3.63) is 41.0 Å². The van der Waals surface area contributed by atoms with Crippen LogP contribution in [0, 0.1) is 64.1 Å². The molecule has 0 aromatic heterocycles. The molecule has 7 rings (SSSR count). The minimum atomic E-state index is -1.23. The van der Waals surface area contributed by atoms with E-state index in [1.165, 1.54) is 0 Å². The smallest absolute Gasteiger partial charge is 0.309 e. The Bertz CT molecular complexity index is 1820. The average molecular weight is 773 g/mol. The summed E-state index contributed by atoms with van der Waals surface area (Å²) >= 11 is 0. The quantitative estimate of drug-likeness (QED) is 0.218. The number of fused-ring (bicyclic) bond motifs is 7. The second-order valence-electron chi connectivity index (χ2n) is 20.0. The van der Waals surface area contributed by atoms with E-state index in [1.54, 1.807) is 45.2 Å². The minimum Gasteiger partial charge on any atom is -0.497 e. The Morgan fingerprint density at radius 1 is 0.875 bits per heavy atom. The van der Waals surface area contributed by atoms with Crippen LogP contribution in [0.1, 0.15) is 130 Å². The lowest BCUT2D eigenvalue weighted by atomic mass is 9.38. The van der Waals surface area contributed by atoms with Gasteiger partial charge in [-0.2, -0.15) is 0 Å². The Kier molecular flexibility index (Phi) is 10.3. The van der Waals surface area contributed by atoms with Gasteiger partial charge in [0.1, 0.15) is 17.4 Å². The van der Waals surface area contributed by atoms with Crippen molar-refractivity contribution in [2.24, 2.45) is 64.1 Å². The van der Waals surface area contributed by atoms with Crippen molar-refractivity contribution < 1.29 is 38.6 Å². The molecule has 0 spiro atoms. The van der Waals surface area contributed by atoms with Crippen LogP contribution in [-0.4, -0.2) is 58.9 Å². The van der Waals surface area contributed by atoms with E-state index >= 15 is 0 Å². The summed E-state index contributed by atoms with van der Waals surface area (Å²) in [5.41, 5.74) is 0.649. The number of carboxylic acids is 1. The van der Waals surface area contributed by atoms with Gasteiger partial charge in [-0.25, -0.2) is 0 Å². The van der Waals surface area contributed by atoms with Crippen LogP contribution in [0.5, 0.6) is 5.75 Å². The van der Waals surface area contributed by atoms with Crippen molar-refractivity contribution in [2.45, 2.75) is 137 Å². The SMILES string of the molecule is COc1ccc(C(=O)NC(C)(C)C(=O)NC23CCC4C(CCC5C4(C)CCC4C(C)C(OC(=O)C6CC(C(=O)O)C6C)CCC45C)C2=C(C(C)C)C(=O)C3)cc1. The molecule has 12 atom stereocenters. The molecule has 1 aromatic rings. The number of ether oxygens (including phenoxy) is 2. The zero-order chi connectivity index (χ0) is 40.7. The average Bonchev–Trinajstić information content (AvgIpc) is 3.43. The van der Waals surface area contributed by atoms with E-state index in [0.717, 1.165) is 56.1 Å². The monoisotopic (exact) mass is 772 g/mol. The Morgan fingerprint density at radius 3 is 2.14 bits per heavy atom. The van der Waals surface area contributed by atoms with Gasteiger partial charge in [0.05, 0.1) is 24.5 Å². The molecule has 5 fully saturated rings. The molecule has 0 bridgehead atoms. The molecule has 1 aromatic carbocycles. The minimum absolute atomic E-state index is 0.0355. The molecule has 0 radical (unpaired) electrons. The first-order chi connectivity index (χ1) is 26.3. The summed E-state index contributed by atoms with van der Waals surface area (Å²) in [7, 11) is 1.57. The predicted octanol–water partition coefficient (Wildman–Crippen LogP) is 7.54. The maximum absolute atomic E-state index is 14.3. The number of carbonyl (C=O) groups excluding carboxylic acids is 4. The molecule has 0 saturated heterocycles. The van der Waals surface area contributed by atoms with Gasteiger partial charge in [0.25, 0.3) is 5.91 Å². The van der Waals surface area contributed by atoms with Crippen LogP contribution in [0.4, 0.5) is 0 Å². The zero-order valence-electron chi connectivity index (χ0n) is 35.0. The van der Waals surface area contributed by atoms with Gasteiger partial charge < -0.3 is 25.2 Å². The van der Waals surface area contributed by atoms with Crippen molar-refractivity contribution in [2.75, 3.05) is 7.11 Å². The summed E-state index contributed by atoms with van der Waals surface area (Å²) in [4.78, 5) is 66.4. The molecule has 5 saturated carbocycles. The number of methoxy groups -OCH3 is 1. The van der Waals surface area contributed by atoms with Crippen LogP contribution in [0.2, 0.25) is 0 Å². The van der Waals surface area contributed by atoms with Gasteiger partial charge in [0, 0.05) is 12.0 Å². The highest BCUT2D eigenvalue weighted by molar-refractivity contribution is 6.03. The number of hydrogen-bond acceptors (Lipinski definition) is 7. The summed E-state index contributed by atoms with van der Waals surface area (Å²) in [6.45, 7) is 16.8. The predicted molar refractivity (Wildman–Crippen MR) is 211 cm³/mol. The van der Waals surface area contributed by atoms with Gasteiger partial charge in [-0.3, -0.25) is 24.0 Å². The molecule has 10 nitrogen and oxygen atoms in total. The Morgan fingerprint density at radius 2 is 1.52 bits per heavy atom. The van der Waals surface area contributed by atoms with E-state index in [4.69, 9.17) is 9.47 Å². The zero-order valence-corrected chi connectivity index (χ0v) is 35.0. The number of nitrogens with one attached hydrogen (secondary N) is 2. The second-order valence-corrected chi connectivity index (χ2v) is 20.0. The fourth-order valence-corrected chi connectivity index (χ4v) is 13.4. The molecule has 306 valence electrons. The molecule has 56 heavy (non-hydrogen) atoms. The Balaban J connectivity index is 1.09.